The second-order valence-electron chi connectivity index (χ2n) is 8.15. The Morgan fingerprint density at radius 1 is 1.03 bits per heavy atom. The fraction of sp³-hybridized carbons (Fsp3) is 0.333. The molecule has 0 spiro atoms. The first-order chi connectivity index (χ1) is 15.9. The summed E-state index contributed by atoms with van der Waals surface area (Å²) in [5, 5.41) is 2.82. The Morgan fingerprint density at radius 2 is 1.76 bits per heavy atom. The molecule has 0 radical (unpaired) electrons. The van der Waals surface area contributed by atoms with Crippen molar-refractivity contribution in [2.24, 2.45) is 0 Å². The summed E-state index contributed by atoms with van der Waals surface area (Å²) in [4.78, 5) is 44.3. The number of rotatable bonds is 5. The van der Waals surface area contributed by atoms with Crippen LogP contribution in [0.25, 0.3) is 0 Å². The second kappa shape index (κ2) is 9.81. The molecule has 1 aromatic carbocycles. The second-order valence-corrected chi connectivity index (χ2v) is 8.15. The topological polar surface area (TPSA) is 101 Å². The van der Waals surface area contributed by atoms with Crippen molar-refractivity contribution in [2.45, 2.75) is 39.2 Å². The average Bonchev–Trinajstić information content (AvgIpc) is 2.83. The zero-order valence-electron chi connectivity index (χ0n) is 18.6. The van der Waals surface area contributed by atoms with Crippen LogP contribution in [0, 0.1) is 19.7 Å². The molecule has 3 aromatic rings. The molecule has 0 bridgehead atoms. The van der Waals surface area contributed by atoms with Crippen LogP contribution in [-0.2, 0) is 6.54 Å². The summed E-state index contributed by atoms with van der Waals surface area (Å²) in [7, 11) is 0. The predicted molar refractivity (Wildman–Crippen MR) is 119 cm³/mol. The number of carbonyl (C=O) groups is 2. The number of nitrogens with one attached hydrogen (secondary N) is 1. The van der Waals surface area contributed by atoms with E-state index in [1.807, 2.05) is 6.92 Å². The first kappa shape index (κ1) is 22.4. The van der Waals surface area contributed by atoms with E-state index in [2.05, 4.69) is 25.3 Å². The van der Waals surface area contributed by atoms with Gasteiger partial charge in [0.15, 0.2) is 0 Å². The van der Waals surface area contributed by atoms with E-state index in [1.54, 1.807) is 36.4 Å². The first-order valence-corrected chi connectivity index (χ1v) is 10.8. The zero-order chi connectivity index (χ0) is 23.4. The Morgan fingerprint density at radius 3 is 2.39 bits per heavy atom. The van der Waals surface area contributed by atoms with E-state index < -0.39 is 0 Å². The van der Waals surface area contributed by atoms with Crippen molar-refractivity contribution in [3.8, 4) is 0 Å². The Hall–Kier alpha value is -3.75. The molecular formula is C24H25FN6O2. The molecule has 0 saturated carbocycles. The van der Waals surface area contributed by atoms with Crippen LogP contribution in [0.1, 0.15) is 62.4 Å². The monoisotopic (exact) mass is 448 g/mol. The standard InChI is InChI=1S/C24H25FN6O2/c1-15-11-27-21(14-26-15)24(33)31-9-7-18(8-10-31)22-28-13-20(16(2)30-22)23(32)29-12-17-3-5-19(25)6-4-17/h3-6,11,13-14,18H,7-10,12H2,1-2H3,(H,29,32). The van der Waals surface area contributed by atoms with Crippen molar-refractivity contribution in [2.75, 3.05) is 13.1 Å². The normalized spacial score (nSPS) is 14.2. The fourth-order valence-electron chi connectivity index (χ4n) is 3.79. The van der Waals surface area contributed by atoms with Crippen LogP contribution >= 0.6 is 0 Å². The quantitative estimate of drug-likeness (QED) is 0.644. The lowest BCUT2D eigenvalue weighted by atomic mass is 9.95. The third-order valence-corrected chi connectivity index (χ3v) is 5.76. The third-order valence-electron chi connectivity index (χ3n) is 5.76. The summed E-state index contributed by atoms with van der Waals surface area (Å²) in [5.74, 6) is 0.0937. The van der Waals surface area contributed by atoms with E-state index in [-0.39, 0.29) is 30.1 Å². The summed E-state index contributed by atoms with van der Waals surface area (Å²) in [6.45, 7) is 5.07. The van der Waals surface area contributed by atoms with Crippen molar-refractivity contribution in [1.29, 1.82) is 0 Å². The van der Waals surface area contributed by atoms with E-state index in [4.69, 9.17) is 0 Å². The van der Waals surface area contributed by atoms with Crippen LogP contribution in [0.4, 0.5) is 4.39 Å². The van der Waals surface area contributed by atoms with Gasteiger partial charge in [0.25, 0.3) is 11.8 Å². The molecule has 9 heteroatoms. The Bertz CT molecular complexity index is 1140. The van der Waals surface area contributed by atoms with Gasteiger partial charge in [-0.15, -0.1) is 0 Å². The van der Waals surface area contributed by atoms with E-state index in [0.717, 1.165) is 24.1 Å². The number of carbonyl (C=O) groups excluding carboxylic acids is 2. The Labute approximate surface area is 191 Å². The van der Waals surface area contributed by atoms with Crippen LogP contribution in [0.2, 0.25) is 0 Å². The molecule has 2 aromatic heterocycles. The summed E-state index contributed by atoms with van der Waals surface area (Å²) in [5.41, 5.74) is 2.93. The SMILES string of the molecule is Cc1cnc(C(=O)N2CCC(c3ncc(C(=O)NCc4ccc(F)cc4)c(C)n3)CC2)cn1. The van der Waals surface area contributed by atoms with Crippen molar-refractivity contribution >= 4 is 11.8 Å². The molecule has 1 N–H and O–H groups in total. The molecule has 2 amide bonds. The minimum Gasteiger partial charge on any atom is -0.348 e. The highest BCUT2D eigenvalue weighted by Crippen LogP contribution is 2.26. The Kier molecular flexibility index (Phi) is 6.67. The van der Waals surface area contributed by atoms with Crippen LogP contribution in [0.5, 0.6) is 0 Å². The third kappa shape index (κ3) is 5.36. The largest absolute Gasteiger partial charge is 0.348 e. The molecule has 1 saturated heterocycles. The molecule has 1 aliphatic rings. The van der Waals surface area contributed by atoms with Crippen molar-refractivity contribution in [3.05, 3.63) is 82.7 Å². The highest BCUT2D eigenvalue weighted by atomic mass is 19.1. The van der Waals surface area contributed by atoms with Gasteiger partial charge in [-0.1, -0.05) is 12.1 Å². The molecule has 4 rings (SSSR count). The number of nitrogens with zero attached hydrogens (tertiary/aromatic N) is 5. The first-order valence-electron chi connectivity index (χ1n) is 10.8. The Balaban J connectivity index is 1.34. The molecule has 170 valence electrons. The van der Waals surface area contributed by atoms with Crippen molar-refractivity contribution in [3.63, 3.8) is 0 Å². The number of amides is 2. The van der Waals surface area contributed by atoms with Gasteiger partial charge in [-0.2, -0.15) is 0 Å². The number of aryl methyl sites for hydroxylation is 2. The van der Waals surface area contributed by atoms with E-state index in [0.29, 0.717) is 35.9 Å². The number of hydrogen-bond donors (Lipinski definition) is 1. The number of likely N-dealkylation sites (tertiary alicyclic amines) is 1. The molecule has 0 atom stereocenters. The van der Waals surface area contributed by atoms with Crippen LogP contribution in [0.15, 0.2) is 42.9 Å². The maximum atomic E-state index is 13.0. The van der Waals surface area contributed by atoms with Gasteiger partial charge in [-0.3, -0.25) is 14.6 Å². The number of benzene rings is 1. The van der Waals surface area contributed by atoms with E-state index in [1.165, 1.54) is 18.3 Å². The van der Waals surface area contributed by atoms with Gasteiger partial charge >= 0.3 is 0 Å². The fourth-order valence-corrected chi connectivity index (χ4v) is 3.79. The predicted octanol–water partition coefficient (Wildman–Crippen LogP) is 2.97. The molecular weight excluding hydrogens is 423 g/mol. The zero-order valence-corrected chi connectivity index (χ0v) is 18.6. The van der Waals surface area contributed by atoms with Crippen LogP contribution in [0.3, 0.4) is 0 Å². The highest BCUT2D eigenvalue weighted by molar-refractivity contribution is 5.94. The molecule has 8 nitrogen and oxygen atoms in total. The maximum absolute atomic E-state index is 13.0. The van der Waals surface area contributed by atoms with Gasteiger partial charge in [0.1, 0.15) is 17.3 Å². The summed E-state index contributed by atoms with van der Waals surface area (Å²) in [6, 6.07) is 5.98. The van der Waals surface area contributed by atoms with Gasteiger partial charge in [-0.25, -0.2) is 19.3 Å². The van der Waals surface area contributed by atoms with Crippen LogP contribution < -0.4 is 5.32 Å². The average molecular weight is 449 g/mol. The summed E-state index contributed by atoms with van der Waals surface area (Å²) < 4.78 is 13.0. The molecule has 0 aliphatic carbocycles. The lowest BCUT2D eigenvalue weighted by Gasteiger charge is -2.31. The number of piperidine rings is 1. The van der Waals surface area contributed by atoms with Gasteiger partial charge < -0.3 is 10.2 Å². The number of hydrogen-bond acceptors (Lipinski definition) is 6. The minimum atomic E-state index is -0.316. The van der Waals surface area contributed by atoms with Crippen LogP contribution in [-0.4, -0.2) is 49.7 Å². The minimum absolute atomic E-state index is 0.119. The lowest BCUT2D eigenvalue weighted by Crippen LogP contribution is -2.38. The van der Waals surface area contributed by atoms with Crippen molar-refractivity contribution in [1.82, 2.24) is 30.2 Å². The number of aromatic nitrogens is 4. The summed E-state index contributed by atoms with van der Waals surface area (Å²) >= 11 is 0. The van der Waals surface area contributed by atoms with Gasteiger partial charge in [0, 0.05) is 37.9 Å². The van der Waals surface area contributed by atoms with Gasteiger partial charge in [-0.05, 0) is 44.4 Å². The molecule has 1 fully saturated rings. The van der Waals surface area contributed by atoms with E-state index in [9.17, 15) is 14.0 Å². The molecule has 1 aliphatic heterocycles. The number of halogens is 1. The van der Waals surface area contributed by atoms with Gasteiger partial charge in [0.05, 0.1) is 23.1 Å². The summed E-state index contributed by atoms with van der Waals surface area (Å²) in [6.07, 6.45) is 6.13. The maximum Gasteiger partial charge on any atom is 0.274 e. The lowest BCUT2D eigenvalue weighted by molar-refractivity contribution is 0.0704. The van der Waals surface area contributed by atoms with Gasteiger partial charge in [0.2, 0.25) is 0 Å². The molecule has 33 heavy (non-hydrogen) atoms. The molecule has 3 heterocycles. The highest BCUT2D eigenvalue weighted by Gasteiger charge is 2.27. The smallest absolute Gasteiger partial charge is 0.274 e. The van der Waals surface area contributed by atoms with Crippen molar-refractivity contribution < 1.29 is 14.0 Å². The van der Waals surface area contributed by atoms with E-state index >= 15 is 0 Å². The molecule has 0 unspecified atom stereocenters.